The molecule has 0 bridgehead atoms. The summed E-state index contributed by atoms with van der Waals surface area (Å²) in [6, 6.07) is 64.4. The predicted molar refractivity (Wildman–Crippen MR) is 332 cm³/mol. The topological polar surface area (TPSA) is 150 Å². The van der Waals surface area contributed by atoms with Gasteiger partial charge in [-0.15, -0.1) is 11.6 Å². The molecule has 2 unspecified atom stereocenters. The Labute approximate surface area is 497 Å². The van der Waals surface area contributed by atoms with Crippen molar-refractivity contribution in [2.24, 2.45) is 0 Å². The van der Waals surface area contributed by atoms with Gasteiger partial charge in [0, 0.05) is 48.1 Å². The van der Waals surface area contributed by atoms with Gasteiger partial charge >= 0.3 is 18.2 Å². The predicted octanol–water partition coefficient (Wildman–Crippen LogP) is 16.1. The molecule has 8 aromatic carbocycles. The Morgan fingerprint density at radius 1 is 0.627 bits per heavy atom. The number of fused-ring (bicyclic) bond motifs is 6. The third kappa shape index (κ3) is 14.3. The Morgan fingerprint density at radius 3 is 1.65 bits per heavy atom. The second-order valence-corrected chi connectivity index (χ2v) is 25.2. The summed E-state index contributed by atoms with van der Waals surface area (Å²) >= 11 is 6.22. The van der Waals surface area contributed by atoms with Crippen LogP contribution in [0.2, 0.25) is 0 Å². The van der Waals surface area contributed by atoms with Crippen molar-refractivity contribution in [1.82, 2.24) is 9.99 Å². The zero-order chi connectivity index (χ0) is 57.7. The summed E-state index contributed by atoms with van der Waals surface area (Å²) in [5.41, 5.74) is 14.9. The van der Waals surface area contributed by atoms with Crippen LogP contribution >= 0.6 is 40.7 Å². The minimum atomic E-state index is -3.33. The van der Waals surface area contributed by atoms with Crippen LogP contribution in [0.1, 0.15) is 69.7 Å². The highest BCUT2D eigenvalue weighted by molar-refractivity contribution is 8.76. The Bertz CT molecular complexity index is 3550. The van der Waals surface area contributed by atoms with Gasteiger partial charge in [-0.2, -0.15) is 0 Å². The number of amides is 1. The third-order valence-corrected chi connectivity index (χ3v) is 19.4. The highest BCUT2D eigenvalue weighted by Gasteiger charge is 2.32. The SMILES string of the molecule is CCC(=C(c1ccc(OCCN(CCCl)P(C)(=O)OCc2ccc(SSCC(NC(=O)OCC3c4ccccc4-c4ccccc43)C(=O)O)cc2)cc1)c1ccc(OC(=O)OCC2c3ccccc3-c3ccccc32)cc1)c1ccccc1. The van der Waals surface area contributed by atoms with Crippen molar-refractivity contribution in [1.29, 1.82) is 0 Å². The van der Waals surface area contributed by atoms with Crippen LogP contribution in [0.5, 0.6) is 11.5 Å². The number of benzene rings is 8. The number of halogens is 1. The first kappa shape index (κ1) is 58.6. The molecular weight excluding hydrogens is 1120 g/mol. The highest BCUT2D eigenvalue weighted by atomic mass is 35.5. The fourth-order valence-corrected chi connectivity index (χ4v) is 14.6. The van der Waals surface area contributed by atoms with E-state index in [9.17, 15) is 24.1 Å². The van der Waals surface area contributed by atoms with Gasteiger partial charge in [0.05, 0.1) is 6.61 Å². The number of alkyl halides is 1. The van der Waals surface area contributed by atoms with Crippen molar-refractivity contribution in [3.63, 3.8) is 0 Å². The molecule has 2 N–H and O–H groups in total. The fourth-order valence-electron chi connectivity index (χ4n) is 10.7. The summed E-state index contributed by atoms with van der Waals surface area (Å²) in [4.78, 5) is 39.0. The molecule has 0 aromatic heterocycles. The number of carbonyl (C=O) groups is 3. The van der Waals surface area contributed by atoms with E-state index in [1.54, 1.807) is 23.5 Å². The lowest BCUT2D eigenvalue weighted by Crippen LogP contribution is -2.43. The van der Waals surface area contributed by atoms with Crippen molar-refractivity contribution in [2.75, 3.05) is 51.2 Å². The average Bonchev–Trinajstić information content (AvgIpc) is 4.20. The van der Waals surface area contributed by atoms with Crippen LogP contribution < -0.4 is 14.8 Å². The molecule has 83 heavy (non-hydrogen) atoms. The number of aliphatic carboxylic acids is 1. The van der Waals surface area contributed by atoms with Gasteiger partial charge in [0.15, 0.2) is 0 Å². The molecule has 0 fully saturated rings. The zero-order valence-corrected chi connectivity index (χ0v) is 49.1. The summed E-state index contributed by atoms with van der Waals surface area (Å²) in [6.07, 6.45) is -0.806. The van der Waals surface area contributed by atoms with E-state index < -0.39 is 31.8 Å². The van der Waals surface area contributed by atoms with Crippen molar-refractivity contribution >= 4 is 70.1 Å². The quantitative estimate of drug-likeness (QED) is 0.0140. The van der Waals surface area contributed by atoms with E-state index in [0.29, 0.717) is 24.6 Å². The van der Waals surface area contributed by atoms with E-state index in [0.717, 1.165) is 89.2 Å². The van der Waals surface area contributed by atoms with Crippen LogP contribution in [-0.4, -0.2) is 85.2 Å². The largest absolute Gasteiger partial charge is 0.513 e. The second kappa shape index (κ2) is 27.7. The molecule has 2 atom stereocenters. The smallest absolute Gasteiger partial charge is 0.492 e. The minimum absolute atomic E-state index is 0.0798. The van der Waals surface area contributed by atoms with E-state index in [1.807, 2.05) is 140 Å². The Morgan fingerprint density at radius 2 is 1.13 bits per heavy atom. The van der Waals surface area contributed by atoms with Gasteiger partial charge in [0.1, 0.15) is 37.4 Å². The Hall–Kier alpha value is -7.55. The van der Waals surface area contributed by atoms with Crippen molar-refractivity contribution in [2.45, 2.75) is 42.7 Å². The van der Waals surface area contributed by atoms with Gasteiger partial charge in [-0.3, -0.25) is 4.57 Å². The maximum atomic E-state index is 14.1. The molecule has 8 aromatic rings. The highest BCUT2D eigenvalue weighted by Crippen LogP contribution is 2.49. The lowest BCUT2D eigenvalue weighted by molar-refractivity contribution is -0.138. The van der Waals surface area contributed by atoms with Crippen molar-refractivity contribution in [3.05, 3.63) is 245 Å². The molecule has 2 aliphatic carbocycles. The van der Waals surface area contributed by atoms with E-state index in [4.69, 9.17) is 35.1 Å². The first-order valence-corrected chi connectivity index (χ1v) is 32.3. The van der Waals surface area contributed by atoms with E-state index in [1.165, 1.54) is 21.6 Å². The summed E-state index contributed by atoms with van der Waals surface area (Å²) in [5.74, 6) is -0.0509. The fraction of sp³-hybridized carbons (Fsp3) is 0.209. The van der Waals surface area contributed by atoms with Gasteiger partial charge in [-0.25, -0.2) is 19.1 Å². The van der Waals surface area contributed by atoms with Crippen LogP contribution in [0.3, 0.4) is 0 Å². The molecule has 1 amide bonds. The van der Waals surface area contributed by atoms with Crippen molar-refractivity contribution in [3.8, 4) is 33.8 Å². The molecule has 0 saturated carbocycles. The molecule has 0 radical (unpaired) electrons. The van der Waals surface area contributed by atoms with Gasteiger partial charge < -0.3 is 33.9 Å². The Balaban J connectivity index is 0.696. The second-order valence-electron chi connectivity index (χ2n) is 20.0. The molecular formula is C67H62ClN2O10PS2. The molecule has 16 heteroatoms. The van der Waals surface area contributed by atoms with Crippen LogP contribution in [0.4, 0.5) is 9.59 Å². The lowest BCUT2D eigenvalue weighted by atomic mass is 9.88. The molecule has 424 valence electrons. The number of carboxylic acids is 1. The van der Waals surface area contributed by atoms with Crippen LogP contribution in [0, 0.1) is 0 Å². The Kier molecular flexibility index (Phi) is 19.6. The minimum Gasteiger partial charge on any atom is -0.492 e. The van der Waals surface area contributed by atoms with Crippen LogP contribution in [0.25, 0.3) is 33.4 Å². The maximum Gasteiger partial charge on any atom is 0.513 e. The van der Waals surface area contributed by atoms with E-state index in [-0.39, 0.29) is 49.9 Å². The van der Waals surface area contributed by atoms with Gasteiger partial charge in [0.25, 0.3) is 7.52 Å². The number of carbonyl (C=O) groups excluding carboxylic acids is 2. The molecule has 0 spiro atoms. The summed E-state index contributed by atoms with van der Waals surface area (Å²) in [7, 11) is -0.658. The molecule has 10 rings (SSSR count). The molecule has 0 saturated heterocycles. The van der Waals surface area contributed by atoms with Crippen LogP contribution in [0.15, 0.2) is 205 Å². The van der Waals surface area contributed by atoms with E-state index in [2.05, 4.69) is 60.8 Å². The average molecular weight is 1190 g/mol. The van der Waals surface area contributed by atoms with Gasteiger partial charge in [0.2, 0.25) is 0 Å². The maximum absolute atomic E-state index is 14.1. The standard InChI is InChI=1S/C67H62ClN2O10PS2/c1-3-52(46-15-5-4-6-16-46)64(48-29-33-50(34-30-48)80-67(74)78-43-62-59-23-13-9-19-55(59)56-20-10-14-24-60(56)62)47-27-31-49(32-28-47)76-40-39-70(38-37-68)81(2,75)79-41-45-25-35-51(36-26-45)83-82-44-63(65(71)72)69-66(73)77-42-61-57-21-11-7-17-53(57)54-18-8-12-22-58(54)61/h4-36,61-63H,3,37-44H2,1-2H3,(H,69,73)(H,71,72). The summed E-state index contributed by atoms with van der Waals surface area (Å²) in [6.45, 7) is 4.88. The van der Waals surface area contributed by atoms with Crippen molar-refractivity contribution < 1.29 is 47.5 Å². The normalized spacial score (nSPS) is 13.8. The molecule has 2 aliphatic rings. The third-order valence-electron chi connectivity index (χ3n) is 14.8. The number of ether oxygens (including phenoxy) is 4. The number of nitrogens with zero attached hydrogens (tertiary/aromatic N) is 1. The van der Waals surface area contributed by atoms with Gasteiger partial charge in [-0.05, 0) is 121 Å². The first-order valence-electron chi connectivity index (χ1n) is 27.4. The summed E-state index contributed by atoms with van der Waals surface area (Å²) < 4.78 is 45.1. The number of carboxylic acid groups (broad SMARTS) is 1. The van der Waals surface area contributed by atoms with E-state index >= 15 is 0 Å². The first-order chi connectivity index (χ1) is 40.5. The van der Waals surface area contributed by atoms with Gasteiger partial charge in [-0.1, -0.05) is 192 Å². The van der Waals surface area contributed by atoms with Crippen LogP contribution in [-0.2, 0) is 30.0 Å². The lowest BCUT2D eigenvalue weighted by Gasteiger charge is -2.28. The monoisotopic (exact) mass is 1180 g/mol. The molecule has 0 heterocycles. The number of alkyl carbamates (subject to hydrolysis) is 1. The number of allylic oxidation sites excluding steroid dienone is 1. The summed E-state index contributed by atoms with van der Waals surface area (Å²) in [5, 5.41) is 12.4. The zero-order valence-electron chi connectivity index (χ0n) is 45.9. The number of hydrogen-bond donors (Lipinski definition) is 2. The molecule has 12 nitrogen and oxygen atoms in total. The number of rotatable bonds is 25. The number of nitrogens with one attached hydrogen (secondary N) is 1. The molecule has 0 aliphatic heterocycles. The number of hydrogen-bond acceptors (Lipinski definition) is 11.